The van der Waals surface area contributed by atoms with Crippen LogP contribution < -0.4 is 9.64 Å². The first-order chi connectivity index (χ1) is 11.2. The molecule has 120 valence electrons. The number of anilines is 1. The lowest BCUT2D eigenvalue weighted by atomic mass is 10.1. The van der Waals surface area contributed by atoms with Gasteiger partial charge in [-0.2, -0.15) is 0 Å². The maximum absolute atomic E-state index is 12.8. The first kappa shape index (κ1) is 15.9. The second-order valence-electron chi connectivity index (χ2n) is 5.46. The SMILES string of the molecule is COc1ccc(Br)cc1C(=O)N1CCN(c2ccccc2)CC1. The Kier molecular flexibility index (Phi) is 4.86. The molecule has 23 heavy (non-hydrogen) atoms. The molecule has 0 aliphatic carbocycles. The average molecular weight is 375 g/mol. The summed E-state index contributed by atoms with van der Waals surface area (Å²) in [6.45, 7) is 3.10. The summed E-state index contributed by atoms with van der Waals surface area (Å²) in [6, 6.07) is 15.8. The molecule has 0 unspecified atom stereocenters. The lowest BCUT2D eigenvalue weighted by Crippen LogP contribution is -2.48. The molecule has 1 aliphatic heterocycles. The van der Waals surface area contributed by atoms with E-state index in [9.17, 15) is 4.79 Å². The highest BCUT2D eigenvalue weighted by Crippen LogP contribution is 2.25. The summed E-state index contributed by atoms with van der Waals surface area (Å²) >= 11 is 3.42. The molecule has 0 N–H and O–H groups in total. The van der Waals surface area contributed by atoms with Gasteiger partial charge in [0.15, 0.2) is 0 Å². The molecule has 0 atom stereocenters. The molecular weight excluding hydrogens is 356 g/mol. The normalized spacial score (nSPS) is 14.7. The van der Waals surface area contributed by atoms with Crippen molar-refractivity contribution in [3.05, 3.63) is 58.6 Å². The molecule has 1 fully saturated rings. The molecule has 3 rings (SSSR count). The van der Waals surface area contributed by atoms with E-state index in [1.807, 2.05) is 41.3 Å². The smallest absolute Gasteiger partial charge is 0.257 e. The highest BCUT2D eigenvalue weighted by Gasteiger charge is 2.24. The molecule has 1 heterocycles. The van der Waals surface area contributed by atoms with Gasteiger partial charge in [0.25, 0.3) is 5.91 Å². The first-order valence-corrected chi connectivity index (χ1v) is 8.41. The molecule has 5 heteroatoms. The first-order valence-electron chi connectivity index (χ1n) is 7.62. The number of amides is 1. The van der Waals surface area contributed by atoms with Gasteiger partial charge in [-0.05, 0) is 30.3 Å². The zero-order chi connectivity index (χ0) is 16.2. The van der Waals surface area contributed by atoms with Crippen molar-refractivity contribution in [2.45, 2.75) is 0 Å². The van der Waals surface area contributed by atoms with Gasteiger partial charge in [0.05, 0.1) is 12.7 Å². The number of hydrogen-bond donors (Lipinski definition) is 0. The van der Waals surface area contributed by atoms with Crippen molar-refractivity contribution in [2.75, 3.05) is 38.2 Å². The van der Waals surface area contributed by atoms with Crippen molar-refractivity contribution >= 4 is 27.5 Å². The summed E-state index contributed by atoms with van der Waals surface area (Å²) in [7, 11) is 1.59. The third kappa shape index (κ3) is 3.50. The Morgan fingerprint density at radius 2 is 1.74 bits per heavy atom. The molecule has 2 aromatic rings. The summed E-state index contributed by atoms with van der Waals surface area (Å²) in [4.78, 5) is 17.0. The molecule has 0 bridgehead atoms. The predicted octanol–water partition coefficient (Wildman–Crippen LogP) is 3.42. The average Bonchev–Trinajstić information content (AvgIpc) is 2.62. The van der Waals surface area contributed by atoms with Gasteiger partial charge in [0.2, 0.25) is 0 Å². The van der Waals surface area contributed by atoms with Gasteiger partial charge in [0, 0.05) is 36.3 Å². The summed E-state index contributed by atoms with van der Waals surface area (Å²) < 4.78 is 6.20. The van der Waals surface area contributed by atoms with E-state index in [2.05, 4.69) is 33.0 Å². The van der Waals surface area contributed by atoms with Gasteiger partial charge < -0.3 is 14.5 Å². The van der Waals surface area contributed by atoms with E-state index in [4.69, 9.17) is 4.74 Å². The van der Waals surface area contributed by atoms with Gasteiger partial charge in [0.1, 0.15) is 5.75 Å². The fourth-order valence-corrected chi connectivity index (χ4v) is 3.19. The summed E-state index contributed by atoms with van der Waals surface area (Å²) in [5, 5.41) is 0. The van der Waals surface area contributed by atoms with Crippen molar-refractivity contribution in [3.63, 3.8) is 0 Å². The Bertz CT molecular complexity index is 683. The number of halogens is 1. The summed E-state index contributed by atoms with van der Waals surface area (Å²) in [5.74, 6) is 0.638. The van der Waals surface area contributed by atoms with E-state index < -0.39 is 0 Å². The lowest BCUT2D eigenvalue weighted by molar-refractivity contribution is 0.0743. The third-order valence-electron chi connectivity index (χ3n) is 4.08. The van der Waals surface area contributed by atoms with Gasteiger partial charge >= 0.3 is 0 Å². The standard InChI is InChI=1S/C18H19BrN2O2/c1-23-17-8-7-14(19)13-16(17)18(22)21-11-9-20(10-12-21)15-5-3-2-4-6-15/h2-8,13H,9-12H2,1H3. The number of ether oxygens (including phenoxy) is 1. The number of piperazine rings is 1. The number of methoxy groups -OCH3 is 1. The highest BCUT2D eigenvalue weighted by atomic mass is 79.9. The largest absolute Gasteiger partial charge is 0.496 e. The van der Waals surface area contributed by atoms with Crippen LogP contribution in [0.15, 0.2) is 53.0 Å². The predicted molar refractivity (Wildman–Crippen MR) is 95.3 cm³/mol. The van der Waals surface area contributed by atoms with Crippen molar-refractivity contribution in [1.82, 2.24) is 4.90 Å². The van der Waals surface area contributed by atoms with Crippen LogP contribution in [-0.4, -0.2) is 44.1 Å². The Balaban J connectivity index is 1.70. The van der Waals surface area contributed by atoms with E-state index in [0.717, 1.165) is 17.6 Å². The van der Waals surface area contributed by atoms with E-state index >= 15 is 0 Å². The van der Waals surface area contributed by atoms with Crippen LogP contribution in [0.3, 0.4) is 0 Å². The molecule has 4 nitrogen and oxygen atoms in total. The Morgan fingerprint density at radius 1 is 1.04 bits per heavy atom. The minimum Gasteiger partial charge on any atom is -0.496 e. The monoisotopic (exact) mass is 374 g/mol. The maximum Gasteiger partial charge on any atom is 0.257 e. The van der Waals surface area contributed by atoms with Gasteiger partial charge in [-0.15, -0.1) is 0 Å². The van der Waals surface area contributed by atoms with Gasteiger partial charge in [-0.25, -0.2) is 0 Å². The van der Waals surface area contributed by atoms with E-state index in [-0.39, 0.29) is 5.91 Å². The lowest BCUT2D eigenvalue weighted by Gasteiger charge is -2.36. The molecule has 1 aliphatic rings. The molecule has 1 saturated heterocycles. The number of nitrogens with zero attached hydrogens (tertiary/aromatic N) is 2. The van der Waals surface area contributed by atoms with Crippen LogP contribution in [0.25, 0.3) is 0 Å². The second kappa shape index (κ2) is 7.04. The molecule has 2 aromatic carbocycles. The molecule has 0 aromatic heterocycles. The minimum atomic E-state index is 0.0239. The van der Waals surface area contributed by atoms with Crippen LogP contribution in [0.5, 0.6) is 5.75 Å². The third-order valence-corrected chi connectivity index (χ3v) is 4.57. The number of hydrogen-bond acceptors (Lipinski definition) is 3. The van der Waals surface area contributed by atoms with E-state index in [1.54, 1.807) is 7.11 Å². The Morgan fingerprint density at radius 3 is 2.39 bits per heavy atom. The Hall–Kier alpha value is -2.01. The zero-order valence-electron chi connectivity index (χ0n) is 13.0. The number of para-hydroxylation sites is 1. The molecule has 0 saturated carbocycles. The van der Waals surface area contributed by atoms with Crippen LogP contribution in [0.2, 0.25) is 0 Å². The second-order valence-corrected chi connectivity index (χ2v) is 6.38. The molecule has 0 radical (unpaired) electrons. The van der Waals surface area contributed by atoms with Crippen LogP contribution in [0.1, 0.15) is 10.4 Å². The zero-order valence-corrected chi connectivity index (χ0v) is 14.6. The molecule has 0 spiro atoms. The number of carbonyl (C=O) groups excluding carboxylic acids is 1. The Labute approximate surface area is 144 Å². The highest BCUT2D eigenvalue weighted by molar-refractivity contribution is 9.10. The molecule has 1 amide bonds. The summed E-state index contributed by atoms with van der Waals surface area (Å²) in [5.41, 5.74) is 1.81. The van der Waals surface area contributed by atoms with Crippen molar-refractivity contribution in [1.29, 1.82) is 0 Å². The van der Waals surface area contributed by atoms with Crippen LogP contribution >= 0.6 is 15.9 Å². The summed E-state index contributed by atoms with van der Waals surface area (Å²) in [6.07, 6.45) is 0. The fourth-order valence-electron chi connectivity index (χ4n) is 2.82. The maximum atomic E-state index is 12.8. The van der Waals surface area contributed by atoms with Gasteiger partial charge in [-0.1, -0.05) is 34.1 Å². The fraction of sp³-hybridized carbons (Fsp3) is 0.278. The topological polar surface area (TPSA) is 32.8 Å². The minimum absolute atomic E-state index is 0.0239. The number of rotatable bonds is 3. The van der Waals surface area contributed by atoms with Crippen LogP contribution in [0.4, 0.5) is 5.69 Å². The van der Waals surface area contributed by atoms with Crippen molar-refractivity contribution in [3.8, 4) is 5.75 Å². The number of benzene rings is 2. The number of carbonyl (C=O) groups is 1. The van der Waals surface area contributed by atoms with Gasteiger partial charge in [-0.3, -0.25) is 4.79 Å². The van der Waals surface area contributed by atoms with Crippen molar-refractivity contribution < 1.29 is 9.53 Å². The van der Waals surface area contributed by atoms with Crippen molar-refractivity contribution in [2.24, 2.45) is 0 Å². The van der Waals surface area contributed by atoms with Crippen LogP contribution in [0, 0.1) is 0 Å². The van der Waals surface area contributed by atoms with E-state index in [0.29, 0.717) is 24.4 Å². The molecular formula is C18H19BrN2O2. The van der Waals surface area contributed by atoms with E-state index in [1.165, 1.54) is 5.69 Å². The van der Waals surface area contributed by atoms with Crippen LogP contribution in [-0.2, 0) is 0 Å². The quantitative estimate of drug-likeness (QED) is 0.824.